The van der Waals surface area contributed by atoms with Crippen LogP contribution in [0.2, 0.25) is 0 Å². The molecule has 1 aromatic heterocycles. The number of nitrogens with zero attached hydrogens (tertiary/aromatic N) is 2. The molecule has 1 aliphatic rings. The Balaban J connectivity index is 1.72. The summed E-state index contributed by atoms with van der Waals surface area (Å²) in [5, 5.41) is 6.82. The molecule has 2 aromatic rings. The zero-order chi connectivity index (χ0) is 21.6. The summed E-state index contributed by atoms with van der Waals surface area (Å²) in [6.07, 6.45) is 7.36. The molecule has 0 saturated carbocycles. The smallest absolute Gasteiger partial charge is 0.258 e. The van der Waals surface area contributed by atoms with Crippen molar-refractivity contribution in [1.82, 2.24) is 9.46 Å². The van der Waals surface area contributed by atoms with Gasteiger partial charge in [-0.2, -0.15) is 4.31 Å². The molecule has 0 unspecified atom stereocenters. The van der Waals surface area contributed by atoms with Crippen LogP contribution in [0.4, 0.5) is 5.88 Å². The Labute approximate surface area is 178 Å². The van der Waals surface area contributed by atoms with Gasteiger partial charge < -0.3 is 4.52 Å². The molecule has 1 aliphatic carbocycles. The summed E-state index contributed by atoms with van der Waals surface area (Å²) in [5.41, 5.74) is 2.26. The first-order valence-corrected chi connectivity index (χ1v) is 12.3. The molecule has 164 valence electrons. The summed E-state index contributed by atoms with van der Waals surface area (Å²) < 4.78 is 32.9. The highest BCUT2D eigenvalue weighted by molar-refractivity contribution is 7.89. The molecule has 0 saturated heterocycles. The second-order valence-corrected chi connectivity index (χ2v) is 9.67. The zero-order valence-electron chi connectivity index (χ0n) is 17.8. The Morgan fingerprint density at radius 3 is 2.33 bits per heavy atom. The van der Waals surface area contributed by atoms with Gasteiger partial charge in [-0.1, -0.05) is 31.8 Å². The number of aromatic nitrogens is 1. The van der Waals surface area contributed by atoms with Crippen LogP contribution in [0.5, 0.6) is 0 Å². The topological polar surface area (TPSA) is 92.5 Å². The monoisotopic (exact) mass is 433 g/mol. The van der Waals surface area contributed by atoms with E-state index in [1.54, 1.807) is 16.4 Å². The molecule has 0 radical (unpaired) electrons. The van der Waals surface area contributed by atoms with Crippen LogP contribution in [0.25, 0.3) is 0 Å². The lowest BCUT2D eigenvalue weighted by atomic mass is 9.97. The van der Waals surface area contributed by atoms with Gasteiger partial charge in [-0.05, 0) is 62.8 Å². The van der Waals surface area contributed by atoms with Crippen molar-refractivity contribution < 1.29 is 17.7 Å². The van der Waals surface area contributed by atoms with Crippen LogP contribution in [-0.4, -0.2) is 36.9 Å². The summed E-state index contributed by atoms with van der Waals surface area (Å²) in [4.78, 5) is 12.8. The molecule has 0 spiro atoms. The summed E-state index contributed by atoms with van der Waals surface area (Å²) in [6.45, 7) is 5.11. The number of aryl methyl sites for hydroxylation is 1. The lowest BCUT2D eigenvalue weighted by molar-refractivity contribution is 0.102. The fraction of sp³-hybridized carbons (Fsp3) is 0.545. The Morgan fingerprint density at radius 1 is 1.07 bits per heavy atom. The number of carbonyl (C=O) groups excluding carboxylic acids is 1. The molecular weight excluding hydrogens is 402 g/mol. The molecule has 1 heterocycles. The molecule has 7 nitrogen and oxygen atoms in total. The molecule has 8 heteroatoms. The van der Waals surface area contributed by atoms with Gasteiger partial charge in [-0.3, -0.25) is 10.1 Å². The minimum atomic E-state index is -3.58. The van der Waals surface area contributed by atoms with Crippen LogP contribution in [0.15, 0.2) is 33.7 Å². The van der Waals surface area contributed by atoms with E-state index in [1.165, 1.54) is 12.1 Å². The number of amides is 1. The molecule has 1 amide bonds. The predicted molar refractivity (Wildman–Crippen MR) is 116 cm³/mol. The van der Waals surface area contributed by atoms with E-state index < -0.39 is 10.0 Å². The number of anilines is 1. The first kappa shape index (κ1) is 22.5. The first-order valence-electron chi connectivity index (χ1n) is 10.9. The van der Waals surface area contributed by atoms with E-state index in [2.05, 4.69) is 10.5 Å². The third-order valence-electron chi connectivity index (χ3n) is 5.46. The number of benzene rings is 1. The number of sulfonamides is 1. The average molecular weight is 434 g/mol. The van der Waals surface area contributed by atoms with Crippen molar-refractivity contribution in [3.8, 4) is 0 Å². The molecule has 0 aliphatic heterocycles. The second-order valence-electron chi connectivity index (χ2n) is 7.73. The quantitative estimate of drug-likeness (QED) is 0.600. The lowest BCUT2D eigenvalue weighted by Gasteiger charge is -2.22. The SMILES string of the molecule is CCCCN(CCCC)S(=O)(=O)c1ccc(C(=O)Nc2onc3c2CCCC3)cc1. The van der Waals surface area contributed by atoms with Gasteiger partial charge in [0.2, 0.25) is 15.9 Å². The Hall–Kier alpha value is -2.19. The zero-order valence-corrected chi connectivity index (χ0v) is 18.6. The van der Waals surface area contributed by atoms with Gasteiger partial charge in [0, 0.05) is 24.2 Å². The largest absolute Gasteiger partial charge is 0.338 e. The number of nitrogens with one attached hydrogen (secondary N) is 1. The summed E-state index contributed by atoms with van der Waals surface area (Å²) in [5.74, 6) is 0.0639. The number of unbranched alkanes of at least 4 members (excludes halogenated alkanes) is 2. The highest BCUT2D eigenvalue weighted by atomic mass is 32.2. The molecule has 1 aromatic carbocycles. The number of carbonyl (C=O) groups is 1. The summed E-state index contributed by atoms with van der Waals surface area (Å²) in [7, 11) is -3.58. The van der Waals surface area contributed by atoms with Crippen molar-refractivity contribution in [1.29, 1.82) is 0 Å². The molecule has 0 atom stereocenters. The van der Waals surface area contributed by atoms with Gasteiger partial charge in [0.1, 0.15) is 0 Å². The van der Waals surface area contributed by atoms with Gasteiger partial charge in [0.05, 0.1) is 10.6 Å². The fourth-order valence-corrected chi connectivity index (χ4v) is 5.13. The van der Waals surface area contributed by atoms with Gasteiger partial charge in [-0.25, -0.2) is 8.42 Å². The highest BCUT2D eigenvalue weighted by Crippen LogP contribution is 2.28. The minimum Gasteiger partial charge on any atom is -0.338 e. The van der Waals surface area contributed by atoms with Crippen LogP contribution in [0.1, 0.15) is 74.0 Å². The second kappa shape index (κ2) is 10.2. The van der Waals surface area contributed by atoms with E-state index in [4.69, 9.17) is 4.52 Å². The number of hydrogen-bond acceptors (Lipinski definition) is 5. The number of rotatable bonds is 10. The average Bonchev–Trinajstić information content (AvgIpc) is 3.16. The molecular formula is C22H31N3O4S. The fourth-order valence-electron chi connectivity index (χ4n) is 3.61. The number of hydrogen-bond donors (Lipinski definition) is 1. The maximum absolute atomic E-state index is 13.0. The maximum atomic E-state index is 13.0. The van der Waals surface area contributed by atoms with Crippen molar-refractivity contribution in [3.05, 3.63) is 41.1 Å². The van der Waals surface area contributed by atoms with Crippen molar-refractivity contribution in [2.75, 3.05) is 18.4 Å². The number of fused-ring (bicyclic) bond motifs is 1. The van der Waals surface area contributed by atoms with Crippen molar-refractivity contribution >= 4 is 21.8 Å². The minimum absolute atomic E-state index is 0.211. The van der Waals surface area contributed by atoms with Gasteiger partial charge in [0.15, 0.2) is 0 Å². The highest BCUT2D eigenvalue weighted by Gasteiger charge is 2.25. The van der Waals surface area contributed by atoms with E-state index in [0.717, 1.165) is 62.6 Å². The Kier molecular flexibility index (Phi) is 7.66. The summed E-state index contributed by atoms with van der Waals surface area (Å²) in [6, 6.07) is 6.10. The maximum Gasteiger partial charge on any atom is 0.258 e. The van der Waals surface area contributed by atoms with Crippen molar-refractivity contribution in [3.63, 3.8) is 0 Å². The molecule has 30 heavy (non-hydrogen) atoms. The third-order valence-corrected chi connectivity index (χ3v) is 7.38. The van der Waals surface area contributed by atoms with Crippen molar-refractivity contribution in [2.45, 2.75) is 70.1 Å². The van der Waals surface area contributed by atoms with E-state index in [0.29, 0.717) is 24.5 Å². The standard InChI is InChI=1S/C22H31N3O4S/c1-3-5-15-25(16-6-4-2)30(27,28)18-13-11-17(12-14-18)21(26)23-22-19-9-7-8-10-20(19)24-29-22/h11-14H,3-10,15-16H2,1-2H3,(H,23,26). The van der Waals surface area contributed by atoms with E-state index in [1.807, 2.05) is 13.8 Å². The Morgan fingerprint density at radius 2 is 1.70 bits per heavy atom. The van der Waals surface area contributed by atoms with Crippen LogP contribution < -0.4 is 5.32 Å². The Bertz CT molecular complexity index is 943. The predicted octanol–water partition coefficient (Wildman–Crippen LogP) is 4.40. The third kappa shape index (κ3) is 5.10. The van der Waals surface area contributed by atoms with Gasteiger partial charge >= 0.3 is 0 Å². The van der Waals surface area contributed by atoms with Crippen LogP contribution in [0, 0.1) is 0 Å². The van der Waals surface area contributed by atoms with Gasteiger partial charge in [-0.15, -0.1) is 0 Å². The lowest BCUT2D eigenvalue weighted by Crippen LogP contribution is -2.33. The first-order chi connectivity index (χ1) is 14.5. The van der Waals surface area contributed by atoms with Gasteiger partial charge in [0.25, 0.3) is 5.91 Å². The molecule has 0 fully saturated rings. The molecule has 3 rings (SSSR count). The summed E-state index contributed by atoms with van der Waals surface area (Å²) >= 11 is 0. The van der Waals surface area contributed by atoms with Crippen LogP contribution >= 0.6 is 0 Å². The van der Waals surface area contributed by atoms with E-state index in [9.17, 15) is 13.2 Å². The van der Waals surface area contributed by atoms with Crippen LogP contribution in [0.3, 0.4) is 0 Å². The normalized spacial score (nSPS) is 14.0. The van der Waals surface area contributed by atoms with E-state index >= 15 is 0 Å². The molecule has 0 bridgehead atoms. The van der Waals surface area contributed by atoms with E-state index in [-0.39, 0.29) is 10.8 Å². The van der Waals surface area contributed by atoms with Crippen LogP contribution in [-0.2, 0) is 22.9 Å². The molecule has 1 N–H and O–H groups in total. The van der Waals surface area contributed by atoms with Crippen molar-refractivity contribution in [2.24, 2.45) is 0 Å².